The Morgan fingerprint density at radius 1 is 0.882 bits per heavy atom. The summed E-state index contributed by atoms with van der Waals surface area (Å²) in [6.07, 6.45) is -0.357. The molecular weight excluding hydrogens is 576 g/mol. The molecule has 0 fully saturated rings. The van der Waals surface area contributed by atoms with Crippen molar-refractivity contribution in [2.24, 2.45) is 0 Å². The Labute approximate surface area is 218 Å². The summed E-state index contributed by atoms with van der Waals surface area (Å²) < 4.78 is 15.3. The number of thiophene rings is 1. The van der Waals surface area contributed by atoms with E-state index in [0.29, 0.717) is 12.2 Å². The van der Waals surface area contributed by atoms with E-state index in [1.165, 1.54) is 27.3 Å². The van der Waals surface area contributed by atoms with Crippen molar-refractivity contribution < 1.29 is 14.3 Å². The van der Waals surface area contributed by atoms with Crippen LogP contribution in [0.5, 0.6) is 5.75 Å². The molecular formula is C28H20Br2O3S. The molecule has 0 amide bonds. The Bertz CT molecular complexity index is 1470. The first-order valence-corrected chi connectivity index (χ1v) is 13.1. The standard InChI is InChI=1S/C28H20Br2O3S/c1-32-28(31)23(14-17-8-3-2-4-9-17)33-27-21(29)15-18(16-22(27)30)19-11-7-13-25-26(19)20-10-5-6-12-24(20)34-25/h2-13,15-16,23H,14H2,1H3/t23-/m1/s1. The van der Waals surface area contributed by atoms with Gasteiger partial charge in [-0.05, 0) is 72.8 Å². The lowest BCUT2D eigenvalue weighted by Crippen LogP contribution is -2.31. The van der Waals surface area contributed by atoms with Crippen molar-refractivity contribution in [3.8, 4) is 16.9 Å². The Morgan fingerprint density at radius 3 is 2.29 bits per heavy atom. The second-order valence-electron chi connectivity index (χ2n) is 7.87. The van der Waals surface area contributed by atoms with Crippen LogP contribution >= 0.6 is 43.2 Å². The number of carbonyl (C=O) groups excluding carboxylic acids is 1. The zero-order valence-electron chi connectivity index (χ0n) is 18.3. The Kier molecular flexibility index (Phi) is 6.73. The molecule has 0 aliphatic heterocycles. The molecule has 4 aromatic carbocycles. The molecule has 0 saturated carbocycles. The minimum atomic E-state index is -0.768. The first-order valence-electron chi connectivity index (χ1n) is 10.7. The Balaban J connectivity index is 1.54. The first-order chi connectivity index (χ1) is 16.5. The first kappa shape index (κ1) is 23.1. The van der Waals surface area contributed by atoms with Gasteiger partial charge in [-0.2, -0.15) is 0 Å². The highest BCUT2D eigenvalue weighted by Gasteiger charge is 2.24. The lowest BCUT2D eigenvalue weighted by Gasteiger charge is -2.20. The van der Waals surface area contributed by atoms with Crippen molar-refractivity contribution >= 4 is 69.3 Å². The second kappa shape index (κ2) is 9.90. The molecule has 34 heavy (non-hydrogen) atoms. The van der Waals surface area contributed by atoms with Gasteiger partial charge in [0.15, 0.2) is 6.10 Å². The maximum atomic E-state index is 12.5. The van der Waals surface area contributed by atoms with Gasteiger partial charge >= 0.3 is 5.97 Å². The maximum Gasteiger partial charge on any atom is 0.347 e. The van der Waals surface area contributed by atoms with Crippen LogP contribution in [0.1, 0.15) is 5.56 Å². The highest BCUT2D eigenvalue weighted by atomic mass is 79.9. The molecule has 5 rings (SSSR count). The molecule has 1 aromatic heterocycles. The number of ether oxygens (including phenoxy) is 2. The number of benzene rings is 4. The predicted octanol–water partition coefficient (Wildman–Crippen LogP) is 8.41. The number of fused-ring (bicyclic) bond motifs is 3. The van der Waals surface area contributed by atoms with Crippen LogP contribution in [0.4, 0.5) is 0 Å². The summed E-state index contributed by atoms with van der Waals surface area (Å²) in [5.41, 5.74) is 3.20. The minimum Gasteiger partial charge on any atom is -0.476 e. The highest BCUT2D eigenvalue weighted by molar-refractivity contribution is 9.11. The van der Waals surface area contributed by atoms with Crippen LogP contribution < -0.4 is 4.74 Å². The molecule has 170 valence electrons. The summed E-state index contributed by atoms with van der Waals surface area (Å²) in [7, 11) is 1.38. The fourth-order valence-electron chi connectivity index (χ4n) is 4.12. The van der Waals surface area contributed by atoms with Gasteiger partial charge in [-0.25, -0.2) is 4.79 Å². The summed E-state index contributed by atoms with van der Waals surface area (Å²) in [5, 5.41) is 2.49. The normalized spacial score (nSPS) is 12.1. The molecule has 0 radical (unpaired) electrons. The molecule has 5 aromatic rings. The van der Waals surface area contributed by atoms with Gasteiger partial charge in [-0.3, -0.25) is 0 Å². The van der Waals surface area contributed by atoms with E-state index in [0.717, 1.165) is 25.6 Å². The van der Waals surface area contributed by atoms with Crippen molar-refractivity contribution in [1.29, 1.82) is 0 Å². The zero-order chi connectivity index (χ0) is 23.7. The van der Waals surface area contributed by atoms with Gasteiger partial charge in [0, 0.05) is 26.6 Å². The van der Waals surface area contributed by atoms with E-state index < -0.39 is 12.1 Å². The number of hydrogen-bond acceptors (Lipinski definition) is 4. The van der Waals surface area contributed by atoms with Crippen LogP contribution in [-0.4, -0.2) is 19.2 Å². The summed E-state index contributed by atoms with van der Waals surface area (Å²) in [5.74, 6) is 0.152. The van der Waals surface area contributed by atoms with Crippen molar-refractivity contribution in [1.82, 2.24) is 0 Å². The fourth-order valence-corrected chi connectivity index (χ4v) is 6.62. The Morgan fingerprint density at radius 2 is 1.56 bits per heavy atom. The third-order valence-electron chi connectivity index (χ3n) is 5.70. The quantitative estimate of drug-likeness (QED) is 0.185. The van der Waals surface area contributed by atoms with Gasteiger partial charge in [0.1, 0.15) is 5.75 Å². The molecule has 0 saturated heterocycles. The van der Waals surface area contributed by atoms with E-state index in [-0.39, 0.29) is 0 Å². The third kappa shape index (κ3) is 4.50. The monoisotopic (exact) mass is 594 g/mol. The highest BCUT2D eigenvalue weighted by Crippen LogP contribution is 2.43. The number of hydrogen-bond donors (Lipinski definition) is 0. The summed E-state index contributed by atoms with van der Waals surface area (Å²) in [4.78, 5) is 12.5. The molecule has 6 heteroatoms. The average Bonchev–Trinajstić information content (AvgIpc) is 3.24. The van der Waals surface area contributed by atoms with E-state index in [1.54, 1.807) is 11.3 Å². The summed E-state index contributed by atoms with van der Waals surface area (Å²) in [6, 6.07) is 28.7. The van der Waals surface area contributed by atoms with Crippen molar-refractivity contribution in [3.63, 3.8) is 0 Å². The zero-order valence-corrected chi connectivity index (χ0v) is 22.2. The molecule has 0 bridgehead atoms. The van der Waals surface area contributed by atoms with E-state index in [9.17, 15) is 4.79 Å². The third-order valence-corrected chi connectivity index (χ3v) is 8.01. The van der Waals surface area contributed by atoms with Crippen molar-refractivity contribution in [2.75, 3.05) is 7.11 Å². The molecule has 0 N–H and O–H groups in total. The lowest BCUT2D eigenvalue weighted by molar-refractivity contribution is -0.148. The number of esters is 1. The van der Waals surface area contributed by atoms with E-state index in [1.807, 2.05) is 42.5 Å². The van der Waals surface area contributed by atoms with Gasteiger partial charge < -0.3 is 9.47 Å². The second-order valence-corrected chi connectivity index (χ2v) is 10.7. The summed E-state index contributed by atoms with van der Waals surface area (Å²) in [6.45, 7) is 0. The van der Waals surface area contributed by atoms with Gasteiger partial charge in [0.25, 0.3) is 0 Å². The number of methoxy groups -OCH3 is 1. The number of rotatable bonds is 6. The van der Waals surface area contributed by atoms with Crippen LogP contribution in [0.15, 0.2) is 93.9 Å². The van der Waals surface area contributed by atoms with Gasteiger partial charge in [0.2, 0.25) is 0 Å². The van der Waals surface area contributed by atoms with Crippen LogP contribution in [0, 0.1) is 0 Å². The average molecular weight is 596 g/mol. The SMILES string of the molecule is COC(=O)[C@@H](Cc1ccccc1)Oc1c(Br)cc(-c2cccc3sc4ccccc4c23)cc1Br. The lowest BCUT2D eigenvalue weighted by atomic mass is 9.99. The van der Waals surface area contributed by atoms with Crippen LogP contribution in [0.3, 0.4) is 0 Å². The Hall–Kier alpha value is -2.67. The van der Waals surface area contributed by atoms with Crippen LogP contribution in [0.25, 0.3) is 31.3 Å². The number of carbonyl (C=O) groups is 1. The van der Waals surface area contributed by atoms with Crippen LogP contribution in [0.2, 0.25) is 0 Å². The summed E-state index contributed by atoms with van der Waals surface area (Å²) >= 11 is 9.16. The van der Waals surface area contributed by atoms with Gasteiger partial charge in [-0.15, -0.1) is 11.3 Å². The smallest absolute Gasteiger partial charge is 0.347 e. The molecule has 3 nitrogen and oxygen atoms in total. The van der Waals surface area contributed by atoms with Gasteiger partial charge in [0.05, 0.1) is 16.1 Å². The topological polar surface area (TPSA) is 35.5 Å². The molecule has 0 aliphatic carbocycles. The minimum absolute atomic E-state index is 0.411. The molecule has 0 aliphatic rings. The predicted molar refractivity (Wildman–Crippen MR) is 147 cm³/mol. The van der Waals surface area contributed by atoms with Crippen LogP contribution in [-0.2, 0) is 16.0 Å². The number of halogens is 2. The van der Waals surface area contributed by atoms with E-state index >= 15 is 0 Å². The molecule has 1 heterocycles. The van der Waals surface area contributed by atoms with E-state index in [4.69, 9.17) is 9.47 Å². The fraction of sp³-hybridized carbons (Fsp3) is 0.107. The molecule has 0 spiro atoms. The van der Waals surface area contributed by atoms with Gasteiger partial charge in [-0.1, -0.05) is 60.7 Å². The maximum absolute atomic E-state index is 12.5. The molecule has 1 atom stereocenters. The molecule has 0 unspecified atom stereocenters. The largest absolute Gasteiger partial charge is 0.476 e. The van der Waals surface area contributed by atoms with Crippen molar-refractivity contribution in [3.05, 3.63) is 99.4 Å². The van der Waals surface area contributed by atoms with E-state index in [2.05, 4.69) is 74.3 Å². The van der Waals surface area contributed by atoms with Crippen molar-refractivity contribution in [2.45, 2.75) is 12.5 Å².